The standard InChI is InChI=1S/C18H21N3O/c1-5-8-18(17(22)19-14(4)20-18)11-21-10-15-7-6-12(2)9-16(15)13(21)3/h5-7,9,20H,1,3-4,8,10-11H2,2H3,(H,19,22)/t18-/m1/s1. The van der Waals surface area contributed by atoms with E-state index in [4.69, 9.17) is 0 Å². The molecular weight excluding hydrogens is 274 g/mol. The highest BCUT2D eigenvalue weighted by Crippen LogP contribution is 2.34. The van der Waals surface area contributed by atoms with E-state index in [0.717, 1.165) is 12.2 Å². The van der Waals surface area contributed by atoms with Crippen LogP contribution >= 0.6 is 0 Å². The second-order valence-corrected chi connectivity index (χ2v) is 6.10. The minimum atomic E-state index is -0.723. The average molecular weight is 295 g/mol. The minimum Gasteiger partial charge on any atom is -0.364 e. The molecule has 0 unspecified atom stereocenters. The molecule has 114 valence electrons. The van der Waals surface area contributed by atoms with E-state index in [1.807, 2.05) is 0 Å². The Bertz CT molecular complexity index is 692. The molecule has 2 aliphatic rings. The summed E-state index contributed by atoms with van der Waals surface area (Å²) in [5.41, 5.74) is 3.88. The van der Waals surface area contributed by atoms with Crippen LogP contribution in [0, 0.1) is 6.92 Å². The topological polar surface area (TPSA) is 44.4 Å². The smallest absolute Gasteiger partial charge is 0.253 e. The molecule has 0 aliphatic carbocycles. The summed E-state index contributed by atoms with van der Waals surface area (Å²) in [7, 11) is 0. The first kappa shape index (κ1) is 14.4. The van der Waals surface area contributed by atoms with E-state index in [0.29, 0.717) is 18.8 Å². The van der Waals surface area contributed by atoms with Crippen molar-refractivity contribution >= 4 is 11.6 Å². The van der Waals surface area contributed by atoms with Crippen molar-refractivity contribution in [2.24, 2.45) is 0 Å². The van der Waals surface area contributed by atoms with Gasteiger partial charge in [0, 0.05) is 17.8 Å². The van der Waals surface area contributed by atoms with E-state index in [-0.39, 0.29) is 5.91 Å². The third kappa shape index (κ3) is 2.21. The summed E-state index contributed by atoms with van der Waals surface area (Å²) in [6.45, 7) is 15.2. The van der Waals surface area contributed by atoms with Crippen molar-refractivity contribution in [2.75, 3.05) is 6.54 Å². The Kier molecular flexibility index (Phi) is 3.32. The number of fused-ring (bicyclic) bond motifs is 1. The van der Waals surface area contributed by atoms with Crippen molar-refractivity contribution in [3.63, 3.8) is 0 Å². The van der Waals surface area contributed by atoms with Crippen molar-refractivity contribution < 1.29 is 4.79 Å². The monoisotopic (exact) mass is 295 g/mol. The molecule has 3 rings (SSSR count). The molecule has 2 heterocycles. The van der Waals surface area contributed by atoms with E-state index in [1.165, 1.54) is 16.7 Å². The first-order chi connectivity index (χ1) is 10.4. The summed E-state index contributed by atoms with van der Waals surface area (Å²) in [6.07, 6.45) is 2.30. The molecule has 1 saturated heterocycles. The van der Waals surface area contributed by atoms with Crippen LogP contribution in [0.1, 0.15) is 23.1 Å². The minimum absolute atomic E-state index is 0.0580. The molecule has 2 aliphatic heterocycles. The number of rotatable bonds is 4. The Hall–Kier alpha value is -2.49. The van der Waals surface area contributed by atoms with Crippen LogP contribution in [0.5, 0.6) is 0 Å². The Labute approximate surface area is 131 Å². The molecule has 1 fully saturated rings. The van der Waals surface area contributed by atoms with Crippen LogP contribution in [-0.2, 0) is 11.3 Å². The van der Waals surface area contributed by atoms with Gasteiger partial charge in [-0.05, 0) is 25.0 Å². The number of hydrogen-bond acceptors (Lipinski definition) is 3. The number of carbonyl (C=O) groups excluding carboxylic acids is 1. The molecule has 1 amide bonds. The summed E-state index contributed by atoms with van der Waals surface area (Å²) in [6, 6.07) is 6.40. The van der Waals surface area contributed by atoms with Crippen LogP contribution in [0.3, 0.4) is 0 Å². The number of amides is 1. The fourth-order valence-electron chi connectivity index (χ4n) is 3.24. The van der Waals surface area contributed by atoms with E-state index in [1.54, 1.807) is 6.08 Å². The first-order valence-electron chi connectivity index (χ1n) is 7.38. The lowest BCUT2D eigenvalue weighted by Crippen LogP contribution is -2.53. The van der Waals surface area contributed by atoms with Gasteiger partial charge in [0.1, 0.15) is 5.54 Å². The normalized spacial score (nSPS) is 23.3. The Morgan fingerprint density at radius 1 is 1.41 bits per heavy atom. The van der Waals surface area contributed by atoms with Gasteiger partial charge in [0.05, 0.1) is 12.4 Å². The van der Waals surface area contributed by atoms with Crippen LogP contribution in [0.4, 0.5) is 0 Å². The van der Waals surface area contributed by atoms with Crippen LogP contribution in [0.15, 0.2) is 49.8 Å². The molecule has 2 N–H and O–H groups in total. The quantitative estimate of drug-likeness (QED) is 0.838. The van der Waals surface area contributed by atoms with E-state index >= 15 is 0 Å². The lowest BCUT2D eigenvalue weighted by molar-refractivity contribution is -0.124. The van der Waals surface area contributed by atoms with E-state index < -0.39 is 5.54 Å². The lowest BCUT2D eigenvalue weighted by atomic mass is 9.94. The molecule has 1 aromatic rings. The predicted molar refractivity (Wildman–Crippen MR) is 88.6 cm³/mol. The fourth-order valence-corrected chi connectivity index (χ4v) is 3.24. The largest absolute Gasteiger partial charge is 0.364 e. The molecule has 0 saturated carbocycles. The molecule has 1 aromatic carbocycles. The molecule has 1 atom stereocenters. The van der Waals surface area contributed by atoms with Crippen molar-refractivity contribution in [1.29, 1.82) is 0 Å². The molecule has 0 aromatic heterocycles. The summed E-state index contributed by atoms with van der Waals surface area (Å²) < 4.78 is 0. The molecule has 22 heavy (non-hydrogen) atoms. The number of aryl methyl sites for hydroxylation is 1. The zero-order chi connectivity index (χ0) is 15.9. The summed E-state index contributed by atoms with van der Waals surface area (Å²) in [5, 5.41) is 5.96. The van der Waals surface area contributed by atoms with Gasteiger partial charge in [0.15, 0.2) is 0 Å². The Morgan fingerprint density at radius 3 is 2.82 bits per heavy atom. The van der Waals surface area contributed by atoms with Gasteiger partial charge in [-0.3, -0.25) is 4.79 Å². The van der Waals surface area contributed by atoms with Crippen LogP contribution in [0.2, 0.25) is 0 Å². The first-order valence-corrected chi connectivity index (χ1v) is 7.38. The highest BCUT2D eigenvalue weighted by Gasteiger charge is 2.45. The SMILES string of the molecule is C=CC[C@]1(CN2Cc3ccc(C)cc3C2=C)NC(=C)NC1=O. The molecule has 4 nitrogen and oxygen atoms in total. The van der Waals surface area contributed by atoms with Crippen molar-refractivity contribution in [1.82, 2.24) is 15.5 Å². The van der Waals surface area contributed by atoms with Gasteiger partial charge < -0.3 is 15.5 Å². The van der Waals surface area contributed by atoms with Gasteiger partial charge in [-0.2, -0.15) is 0 Å². The Morgan fingerprint density at radius 2 is 2.18 bits per heavy atom. The fraction of sp³-hybridized carbons (Fsp3) is 0.278. The van der Waals surface area contributed by atoms with Gasteiger partial charge in [-0.1, -0.05) is 36.9 Å². The maximum absolute atomic E-state index is 12.4. The second-order valence-electron chi connectivity index (χ2n) is 6.10. The third-order valence-corrected chi connectivity index (χ3v) is 4.36. The van der Waals surface area contributed by atoms with Crippen LogP contribution < -0.4 is 10.6 Å². The van der Waals surface area contributed by atoms with Crippen LogP contribution in [0.25, 0.3) is 5.70 Å². The maximum Gasteiger partial charge on any atom is 0.253 e. The summed E-state index contributed by atoms with van der Waals surface area (Å²) >= 11 is 0. The van der Waals surface area contributed by atoms with E-state index in [9.17, 15) is 4.79 Å². The Balaban J connectivity index is 1.87. The number of carbonyl (C=O) groups is 1. The number of nitrogens with zero attached hydrogens (tertiary/aromatic N) is 1. The van der Waals surface area contributed by atoms with Crippen molar-refractivity contribution in [3.8, 4) is 0 Å². The van der Waals surface area contributed by atoms with Crippen LogP contribution in [-0.4, -0.2) is 22.9 Å². The zero-order valence-corrected chi connectivity index (χ0v) is 12.9. The highest BCUT2D eigenvalue weighted by molar-refractivity contribution is 5.91. The lowest BCUT2D eigenvalue weighted by Gasteiger charge is -2.32. The number of hydrogen-bond donors (Lipinski definition) is 2. The van der Waals surface area contributed by atoms with Gasteiger partial charge in [-0.25, -0.2) is 0 Å². The maximum atomic E-state index is 12.4. The predicted octanol–water partition coefficient (Wildman–Crippen LogP) is 2.29. The highest BCUT2D eigenvalue weighted by atomic mass is 16.2. The van der Waals surface area contributed by atoms with Crippen molar-refractivity contribution in [2.45, 2.75) is 25.4 Å². The molecule has 4 heteroatoms. The summed E-state index contributed by atoms with van der Waals surface area (Å²) in [5.74, 6) is 0.488. The molecule has 0 spiro atoms. The van der Waals surface area contributed by atoms with Gasteiger partial charge >= 0.3 is 0 Å². The van der Waals surface area contributed by atoms with E-state index in [2.05, 4.69) is 60.4 Å². The molecule has 0 radical (unpaired) electrons. The number of nitrogens with one attached hydrogen (secondary N) is 2. The number of benzene rings is 1. The van der Waals surface area contributed by atoms with Crippen molar-refractivity contribution in [3.05, 3.63) is 66.5 Å². The third-order valence-electron chi connectivity index (χ3n) is 4.36. The summed E-state index contributed by atoms with van der Waals surface area (Å²) in [4.78, 5) is 14.5. The van der Waals surface area contributed by atoms with Gasteiger partial charge in [0.2, 0.25) is 0 Å². The van der Waals surface area contributed by atoms with Gasteiger partial charge in [-0.15, -0.1) is 6.58 Å². The average Bonchev–Trinajstić information content (AvgIpc) is 2.89. The molecule has 0 bridgehead atoms. The molecular formula is C18H21N3O. The zero-order valence-electron chi connectivity index (χ0n) is 12.9. The second kappa shape index (κ2) is 5.05. The van der Waals surface area contributed by atoms with Gasteiger partial charge in [0.25, 0.3) is 5.91 Å².